The number of ether oxygens (including phenoxy) is 1. The van der Waals surface area contributed by atoms with Crippen molar-refractivity contribution in [2.75, 3.05) is 6.61 Å². The average Bonchev–Trinajstić information content (AvgIpc) is 2.43. The molecule has 0 radical (unpaired) electrons. The minimum absolute atomic E-state index is 0.116. The molecule has 0 heterocycles. The first kappa shape index (κ1) is 18.9. The molecule has 118 valence electrons. The molecule has 1 atom stereocenters. The van der Waals surface area contributed by atoms with Gasteiger partial charge < -0.3 is 16.2 Å². The molecule has 0 rings (SSSR count). The molecule has 0 aromatic rings. The van der Waals surface area contributed by atoms with Crippen LogP contribution < -0.4 is 11.5 Å². The molecule has 0 saturated heterocycles. The van der Waals surface area contributed by atoms with Gasteiger partial charge in [-0.2, -0.15) is 0 Å². The third-order valence-electron chi connectivity index (χ3n) is 3.40. The number of hydrogen-bond donors (Lipinski definition) is 2. The largest absolute Gasteiger partial charge is 0.464 e. The first-order valence-corrected chi connectivity index (χ1v) is 7.71. The van der Waals surface area contributed by atoms with E-state index in [1.807, 2.05) is 0 Å². The van der Waals surface area contributed by atoms with E-state index in [1.165, 1.54) is 0 Å². The number of carbonyl (C=O) groups excluding carboxylic acids is 2. The van der Waals surface area contributed by atoms with Crippen molar-refractivity contribution < 1.29 is 14.3 Å². The van der Waals surface area contributed by atoms with Crippen LogP contribution in [0.5, 0.6) is 0 Å². The molecule has 5 heteroatoms. The molecule has 0 aliphatic carbocycles. The smallest absolute Gasteiger partial charge is 0.322 e. The molecule has 0 unspecified atom stereocenters. The quantitative estimate of drug-likeness (QED) is 0.537. The topological polar surface area (TPSA) is 95.4 Å². The Balaban J connectivity index is 4.03. The van der Waals surface area contributed by atoms with Crippen LogP contribution in [0, 0.1) is 5.92 Å². The number of esters is 1. The molecular formula is C15H30N2O3. The number of primary amides is 1. The van der Waals surface area contributed by atoms with E-state index in [4.69, 9.17) is 16.2 Å². The van der Waals surface area contributed by atoms with E-state index in [0.717, 1.165) is 38.5 Å². The van der Waals surface area contributed by atoms with Gasteiger partial charge in [0.05, 0.1) is 6.61 Å². The van der Waals surface area contributed by atoms with Crippen LogP contribution in [0.4, 0.5) is 0 Å². The van der Waals surface area contributed by atoms with Crippen molar-refractivity contribution in [3.63, 3.8) is 0 Å². The van der Waals surface area contributed by atoms with Gasteiger partial charge in [-0.25, -0.2) is 0 Å². The Bertz CT molecular complexity index is 274. The van der Waals surface area contributed by atoms with Crippen molar-refractivity contribution in [1.82, 2.24) is 0 Å². The lowest BCUT2D eigenvalue weighted by Gasteiger charge is -2.18. The SMILES string of the molecule is CCCCC(CCCC)COC(=O)[C@@H](N)CCC(N)=O. The first-order valence-electron chi connectivity index (χ1n) is 7.71. The van der Waals surface area contributed by atoms with E-state index in [0.29, 0.717) is 12.5 Å². The van der Waals surface area contributed by atoms with Crippen molar-refractivity contribution in [3.05, 3.63) is 0 Å². The van der Waals surface area contributed by atoms with Gasteiger partial charge in [0.15, 0.2) is 0 Å². The monoisotopic (exact) mass is 286 g/mol. The van der Waals surface area contributed by atoms with Gasteiger partial charge in [-0.3, -0.25) is 9.59 Å². The fourth-order valence-corrected chi connectivity index (χ4v) is 2.02. The Morgan fingerprint density at radius 2 is 1.60 bits per heavy atom. The maximum absolute atomic E-state index is 11.7. The lowest BCUT2D eigenvalue weighted by molar-refractivity contribution is -0.147. The number of unbranched alkanes of at least 4 members (excludes halogenated alkanes) is 2. The van der Waals surface area contributed by atoms with Crippen molar-refractivity contribution in [2.45, 2.75) is 71.3 Å². The van der Waals surface area contributed by atoms with Gasteiger partial charge in [-0.15, -0.1) is 0 Å². The van der Waals surface area contributed by atoms with Gasteiger partial charge in [-0.05, 0) is 25.2 Å². The predicted octanol–water partition coefficient (Wildman–Crippen LogP) is 2.12. The zero-order valence-electron chi connectivity index (χ0n) is 12.9. The standard InChI is InChI=1S/C15H30N2O3/c1-3-5-7-12(8-6-4-2)11-20-15(19)13(16)9-10-14(17)18/h12-13H,3-11,16H2,1-2H3,(H2,17,18)/t13-/m0/s1. The molecular weight excluding hydrogens is 256 g/mol. The number of hydrogen-bond acceptors (Lipinski definition) is 4. The van der Waals surface area contributed by atoms with Gasteiger partial charge in [0.25, 0.3) is 0 Å². The highest BCUT2D eigenvalue weighted by atomic mass is 16.5. The van der Waals surface area contributed by atoms with E-state index in [2.05, 4.69) is 13.8 Å². The van der Waals surface area contributed by atoms with Crippen molar-refractivity contribution in [3.8, 4) is 0 Å². The van der Waals surface area contributed by atoms with Crippen molar-refractivity contribution in [2.24, 2.45) is 17.4 Å². The van der Waals surface area contributed by atoms with Crippen LogP contribution in [0.2, 0.25) is 0 Å². The Hall–Kier alpha value is -1.10. The summed E-state index contributed by atoms with van der Waals surface area (Å²) >= 11 is 0. The second-order valence-corrected chi connectivity index (χ2v) is 5.39. The normalized spacial score (nSPS) is 12.4. The van der Waals surface area contributed by atoms with Gasteiger partial charge in [0.1, 0.15) is 6.04 Å². The number of carbonyl (C=O) groups is 2. The second kappa shape index (κ2) is 11.7. The summed E-state index contributed by atoms with van der Waals surface area (Å²) in [6, 6.07) is -0.750. The zero-order valence-corrected chi connectivity index (χ0v) is 12.9. The van der Waals surface area contributed by atoms with Gasteiger partial charge in [0, 0.05) is 6.42 Å². The number of nitrogens with two attached hydrogens (primary N) is 2. The fraction of sp³-hybridized carbons (Fsp3) is 0.867. The highest BCUT2D eigenvalue weighted by Crippen LogP contribution is 2.17. The summed E-state index contributed by atoms with van der Waals surface area (Å²) in [6.07, 6.45) is 7.14. The Kier molecular flexibility index (Phi) is 11.1. The van der Waals surface area contributed by atoms with Crippen LogP contribution in [0.15, 0.2) is 0 Å². The lowest BCUT2D eigenvalue weighted by Crippen LogP contribution is -2.34. The molecule has 0 saturated carbocycles. The summed E-state index contributed by atoms with van der Waals surface area (Å²) in [4.78, 5) is 22.4. The fourth-order valence-electron chi connectivity index (χ4n) is 2.02. The van der Waals surface area contributed by atoms with Crippen LogP contribution >= 0.6 is 0 Å². The third-order valence-corrected chi connectivity index (χ3v) is 3.40. The highest BCUT2D eigenvalue weighted by Gasteiger charge is 2.18. The van der Waals surface area contributed by atoms with Gasteiger partial charge >= 0.3 is 5.97 Å². The number of rotatable bonds is 12. The number of amides is 1. The van der Waals surface area contributed by atoms with E-state index < -0.39 is 17.9 Å². The highest BCUT2D eigenvalue weighted by molar-refractivity contribution is 5.78. The molecule has 0 bridgehead atoms. The summed E-state index contributed by atoms with van der Waals surface area (Å²) in [5, 5.41) is 0. The summed E-state index contributed by atoms with van der Waals surface area (Å²) in [7, 11) is 0. The Labute approximate surface area is 122 Å². The maximum atomic E-state index is 11.7. The van der Waals surface area contributed by atoms with E-state index in [-0.39, 0.29) is 12.8 Å². The van der Waals surface area contributed by atoms with Crippen LogP contribution in [0.3, 0.4) is 0 Å². The van der Waals surface area contributed by atoms with E-state index in [1.54, 1.807) is 0 Å². The van der Waals surface area contributed by atoms with Crippen molar-refractivity contribution in [1.29, 1.82) is 0 Å². The molecule has 20 heavy (non-hydrogen) atoms. The lowest BCUT2D eigenvalue weighted by atomic mass is 9.97. The van der Waals surface area contributed by atoms with E-state index in [9.17, 15) is 9.59 Å². The molecule has 1 amide bonds. The summed E-state index contributed by atoms with van der Waals surface area (Å²) < 4.78 is 5.28. The molecule has 0 fully saturated rings. The molecule has 0 spiro atoms. The predicted molar refractivity (Wildman–Crippen MR) is 79.9 cm³/mol. The van der Waals surface area contributed by atoms with Gasteiger partial charge in [-0.1, -0.05) is 39.5 Å². The van der Waals surface area contributed by atoms with Crippen LogP contribution in [-0.4, -0.2) is 24.5 Å². The van der Waals surface area contributed by atoms with E-state index >= 15 is 0 Å². The zero-order chi connectivity index (χ0) is 15.4. The Morgan fingerprint density at radius 3 is 2.05 bits per heavy atom. The summed E-state index contributed by atoms with van der Waals surface area (Å²) in [5.41, 5.74) is 10.7. The van der Waals surface area contributed by atoms with Crippen LogP contribution in [0.1, 0.15) is 65.2 Å². The Morgan fingerprint density at radius 1 is 1.05 bits per heavy atom. The molecule has 5 nitrogen and oxygen atoms in total. The second-order valence-electron chi connectivity index (χ2n) is 5.39. The van der Waals surface area contributed by atoms with Crippen molar-refractivity contribution >= 4 is 11.9 Å². The molecule has 4 N–H and O–H groups in total. The first-order chi connectivity index (χ1) is 9.51. The summed E-state index contributed by atoms with van der Waals surface area (Å²) in [5.74, 6) is -0.455. The van der Waals surface area contributed by atoms with Gasteiger partial charge in [0.2, 0.25) is 5.91 Å². The third kappa shape index (κ3) is 9.78. The maximum Gasteiger partial charge on any atom is 0.322 e. The minimum Gasteiger partial charge on any atom is -0.464 e. The molecule has 0 aliphatic heterocycles. The van der Waals surface area contributed by atoms with Crippen LogP contribution in [-0.2, 0) is 14.3 Å². The average molecular weight is 286 g/mol. The molecule has 0 aromatic carbocycles. The molecule has 0 aromatic heterocycles. The summed E-state index contributed by atoms with van der Waals surface area (Å²) in [6.45, 7) is 4.74. The molecule has 0 aliphatic rings. The van der Waals surface area contributed by atoms with Crippen LogP contribution in [0.25, 0.3) is 0 Å². The minimum atomic E-state index is -0.750.